The Labute approximate surface area is 148 Å². The summed E-state index contributed by atoms with van der Waals surface area (Å²) in [7, 11) is -2.84. The lowest BCUT2D eigenvalue weighted by Crippen LogP contribution is -2.14. The molecule has 0 aliphatic carbocycles. The van der Waals surface area contributed by atoms with Gasteiger partial charge in [-0.25, -0.2) is 13.2 Å². The van der Waals surface area contributed by atoms with E-state index >= 15 is 0 Å². The molecule has 0 heterocycles. The molecular formula is C15H14ClNO5S2. The number of carbonyl (C=O) groups excluding carboxylic acids is 1. The molecule has 0 unspecified atom stereocenters. The molecule has 0 fully saturated rings. The molecule has 6 nitrogen and oxygen atoms in total. The zero-order valence-corrected chi connectivity index (χ0v) is 15.1. The maximum Gasteiger partial charge on any atom is 0.339 e. The van der Waals surface area contributed by atoms with Crippen molar-refractivity contribution in [1.29, 1.82) is 0 Å². The van der Waals surface area contributed by atoms with Crippen LogP contribution in [-0.4, -0.2) is 32.9 Å². The first-order chi connectivity index (χ1) is 11.3. The molecule has 0 aliphatic rings. The Morgan fingerprint density at radius 1 is 1.25 bits per heavy atom. The quantitative estimate of drug-likeness (QED) is 0.603. The number of hydrogen-bond donors (Lipinski definition) is 2. The van der Waals surface area contributed by atoms with Gasteiger partial charge in [-0.05, 0) is 42.7 Å². The lowest BCUT2D eigenvalue weighted by atomic mass is 10.2. The molecule has 9 heteroatoms. The van der Waals surface area contributed by atoms with Crippen molar-refractivity contribution in [1.82, 2.24) is 0 Å². The van der Waals surface area contributed by atoms with Crippen LogP contribution >= 0.6 is 23.4 Å². The molecule has 0 amide bonds. The van der Waals surface area contributed by atoms with Gasteiger partial charge >= 0.3 is 5.97 Å². The second-order valence-corrected chi connectivity index (χ2v) is 7.56. The lowest BCUT2D eigenvalue weighted by molar-refractivity contribution is 0.0597. The summed E-state index contributed by atoms with van der Waals surface area (Å²) in [5.41, 5.74) is 0.396. The van der Waals surface area contributed by atoms with E-state index in [4.69, 9.17) is 16.3 Å². The van der Waals surface area contributed by atoms with Crippen LogP contribution in [0.3, 0.4) is 0 Å². The second-order valence-electron chi connectivity index (χ2n) is 4.62. The topological polar surface area (TPSA) is 92.7 Å². The van der Waals surface area contributed by atoms with Gasteiger partial charge in [0.05, 0.1) is 12.7 Å². The largest absolute Gasteiger partial charge is 0.507 e. The fourth-order valence-corrected chi connectivity index (χ4v) is 3.93. The number of anilines is 1. The molecule has 2 rings (SSSR count). The van der Waals surface area contributed by atoms with E-state index in [1.54, 1.807) is 12.3 Å². The van der Waals surface area contributed by atoms with E-state index < -0.39 is 21.7 Å². The number of aromatic hydroxyl groups is 1. The van der Waals surface area contributed by atoms with Gasteiger partial charge in [-0.3, -0.25) is 4.72 Å². The number of phenols is 1. The third kappa shape index (κ3) is 3.95. The lowest BCUT2D eigenvalue weighted by Gasteiger charge is -2.12. The maximum absolute atomic E-state index is 12.4. The average molecular weight is 388 g/mol. The molecule has 0 atom stereocenters. The Bertz CT molecular complexity index is 883. The Hall–Kier alpha value is -1.90. The number of ether oxygens (including phenoxy) is 1. The summed E-state index contributed by atoms with van der Waals surface area (Å²) in [5.74, 6) is -1.01. The molecule has 2 aromatic rings. The Balaban J connectivity index is 2.43. The van der Waals surface area contributed by atoms with E-state index in [2.05, 4.69) is 4.72 Å². The number of methoxy groups -OCH3 is 1. The fourth-order valence-electron chi connectivity index (χ4n) is 1.95. The highest BCUT2D eigenvalue weighted by Gasteiger charge is 2.21. The van der Waals surface area contributed by atoms with Crippen LogP contribution in [0.1, 0.15) is 10.4 Å². The highest BCUT2D eigenvalue weighted by molar-refractivity contribution is 7.98. The molecule has 0 radical (unpaired) electrons. The van der Waals surface area contributed by atoms with Crippen molar-refractivity contribution < 1.29 is 23.1 Å². The third-order valence-electron chi connectivity index (χ3n) is 3.07. The van der Waals surface area contributed by atoms with E-state index in [9.17, 15) is 18.3 Å². The molecule has 0 aromatic heterocycles. The summed E-state index contributed by atoms with van der Waals surface area (Å²) in [5, 5.41) is 9.92. The summed E-state index contributed by atoms with van der Waals surface area (Å²) in [6.07, 6.45) is 1.79. The van der Waals surface area contributed by atoms with Gasteiger partial charge in [-0.2, -0.15) is 0 Å². The Morgan fingerprint density at radius 2 is 1.96 bits per heavy atom. The van der Waals surface area contributed by atoms with Gasteiger partial charge in [0.1, 0.15) is 10.6 Å². The molecule has 0 spiro atoms. The minimum atomic E-state index is -4.08. The average Bonchev–Trinajstić information content (AvgIpc) is 2.55. The first-order valence-corrected chi connectivity index (χ1v) is 9.64. The van der Waals surface area contributed by atoms with Crippen LogP contribution in [0.2, 0.25) is 5.02 Å². The number of halogens is 1. The van der Waals surface area contributed by atoms with Gasteiger partial charge in [0, 0.05) is 15.6 Å². The van der Waals surface area contributed by atoms with Gasteiger partial charge in [0.25, 0.3) is 10.0 Å². The standard InChI is InChI=1S/C15H14ClNO5S2/c1-22-15(19)11-8-10(4-6-13(11)23-2)17-24(20,21)14-7-9(16)3-5-12(14)18/h3-8,17-18H,1-2H3. The fraction of sp³-hybridized carbons (Fsp3) is 0.133. The Morgan fingerprint density at radius 3 is 2.58 bits per heavy atom. The predicted molar refractivity (Wildman–Crippen MR) is 93.5 cm³/mol. The number of rotatable bonds is 5. The van der Waals surface area contributed by atoms with Crippen molar-refractivity contribution in [2.24, 2.45) is 0 Å². The minimum absolute atomic E-state index is 0.160. The summed E-state index contributed by atoms with van der Waals surface area (Å²) < 4.78 is 31.9. The molecule has 0 aliphatic heterocycles. The van der Waals surface area contributed by atoms with E-state index in [0.717, 1.165) is 6.07 Å². The van der Waals surface area contributed by atoms with Crippen LogP contribution in [0.4, 0.5) is 5.69 Å². The van der Waals surface area contributed by atoms with Gasteiger partial charge in [0.15, 0.2) is 0 Å². The number of phenolic OH excluding ortho intramolecular Hbond substituents is 1. The van der Waals surface area contributed by atoms with Crippen LogP contribution < -0.4 is 4.72 Å². The van der Waals surface area contributed by atoms with Crippen molar-refractivity contribution in [3.8, 4) is 5.75 Å². The maximum atomic E-state index is 12.4. The number of carbonyl (C=O) groups is 1. The van der Waals surface area contributed by atoms with Crippen LogP contribution in [0, 0.1) is 0 Å². The van der Waals surface area contributed by atoms with Crippen LogP contribution in [0.15, 0.2) is 46.2 Å². The second kappa shape index (κ2) is 7.33. The SMILES string of the molecule is COC(=O)c1cc(NS(=O)(=O)c2cc(Cl)ccc2O)ccc1SC. The Kier molecular flexibility index (Phi) is 5.63. The summed E-state index contributed by atoms with van der Waals surface area (Å²) in [6.45, 7) is 0. The van der Waals surface area contributed by atoms with Crippen molar-refractivity contribution in [2.45, 2.75) is 9.79 Å². The van der Waals surface area contributed by atoms with Crippen LogP contribution in [0.5, 0.6) is 5.75 Å². The number of esters is 1. The van der Waals surface area contributed by atoms with Crippen LogP contribution in [0.25, 0.3) is 0 Å². The van der Waals surface area contributed by atoms with E-state index in [1.807, 2.05) is 0 Å². The minimum Gasteiger partial charge on any atom is -0.507 e. The molecule has 0 saturated heterocycles. The molecular weight excluding hydrogens is 374 g/mol. The van der Waals surface area contributed by atoms with Gasteiger partial charge < -0.3 is 9.84 Å². The summed E-state index contributed by atoms with van der Waals surface area (Å²) >= 11 is 7.11. The van der Waals surface area contributed by atoms with Crippen molar-refractivity contribution in [3.05, 3.63) is 47.0 Å². The zero-order valence-electron chi connectivity index (χ0n) is 12.7. The van der Waals surface area contributed by atoms with Gasteiger partial charge in [-0.15, -0.1) is 11.8 Å². The van der Waals surface area contributed by atoms with E-state index in [-0.39, 0.29) is 21.2 Å². The highest BCUT2D eigenvalue weighted by atomic mass is 35.5. The molecule has 0 bridgehead atoms. The molecule has 0 saturated carbocycles. The summed E-state index contributed by atoms with van der Waals surface area (Å²) in [6, 6.07) is 8.18. The van der Waals surface area contributed by atoms with Crippen molar-refractivity contribution in [3.63, 3.8) is 0 Å². The monoisotopic (exact) mass is 387 g/mol. The highest BCUT2D eigenvalue weighted by Crippen LogP contribution is 2.29. The number of nitrogens with one attached hydrogen (secondary N) is 1. The number of hydrogen-bond acceptors (Lipinski definition) is 6. The zero-order chi connectivity index (χ0) is 17.9. The molecule has 2 N–H and O–H groups in total. The molecule has 128 valence electrons. The first-order valence-electron chi connectivity index (χ1n) is 6.56. The third-order valence-corrected chi connectivity index (χ3v) is 5.51. The van der Waals surface area contributed by atoms with Crippen LogP contribution in [-0.2, 0) is 14.8 Å². The molecule has 24 heavy (non-hydrogen) atoms. The van der Waals surface area contributed by atoms with Crippen molar-refractivity contribution in [2.75, 3.05) is 18.1 Å². The van der Waals surface area contributed by atoms with Crippen molar-refractivity contribution >= 4 is 45.0 Å². The number of thioether (sulfide) groups is 1. The van der Waals surface area contributed by atoms with E-state index in [0.29, 0.717) is 4.90 Å². The number of sulfonamides is 1. The predicted octanol–water partition coefficient (Wildman–Crippen LogP) is 3.35. The van der Waals surface area contributed by atoms with Gasteiger partial charge in [-0.1, -0.05) is 11.6 Å². The van der Waals surface area contributed by atoms with E-state index in [1.165, 1.54) is 43.1 Å². The molecule has 2 aromatic carbocycles. The van der Waals surface area contributed by atoms with Gasteiger partial charge in [0.2, 0.25) is 0 Å². The smallest absolute Gasteiger partial charge is 0.339 e. The normalized spacial score (nSPS) is 11.1. The number of benzene rings is 2. The summed E-state index contributed by atoms with van der Waals surface area (Å²) in [4.78, 5) is 12.1. The first kappa shape index (κ1) is 18.4.